The van der Waals surface area contributed by atoms with Crippen molar-refractivity contribution >= 4 is 16.3 Å². The van der Waals surface area contributed by atoms with Crippen LogP contribution in [0.2, 0.25) is 0 Å². The second-order valence-corrected chi connectivity index (χ2v) is 8.81. The lowest BCUT2D eigenvalue weighted by Crippen LogP contribution is -3.27. The summed E-state index contributed by atoms with van der Waals surface area (Å²) in [4.78, 5) is 8.54. The van der Waals surface area contributed by atoms with Gasteiger partial charge in [-0.1, -0.05) is 53.8 Å². The molecule has 1 aliphatic rings. The van der Waals surface area contributed by atoms with Crippen LogP contribution in [0.4, 0.5) is 4.39 Å². The summed E-state index contributed by atoms with van der Waals surface area (Å²) in [6.07, 6.45) is 1.44. The molecule has 0 saturated carbocycles. The lowest BCUT2D eigenvalue weighted by atomic mass is 10.0. The van der Waals surface area contributed by atoms with E-state index in [-0.39, 0.29) is 17.7 Å². The van der Waals surface area contributed by atoms with Gasteiger partial charge in [-0.2, -0.15) is 9.61 Å². The molecule has 154 valence electrons. The number of rotatable bonds is 5. The Kier molecular flexibility index (Phi) is 5.20. The molecule has 30 heavy (non-hydrogen) atoms. The molecule has 2 aromatic carbocycles. The minimum atomic E-state index is -0.260. The van der Waals surface area contributed by atoms with Crippen molar-refractivity contribution in [3.63, 3.8) is 0 Å². The molecule has 8 heteroatoms. The van der Waals surface area contributed by atoms with Gasteiger partial charge in [0.1, 0.15) is 49.7 Å². The monoisotopic (exact) mass is 425 g/mol. The van der Waals surface area contributed by atoms with Gasteiger partial charge in [-0.3, -0.25) is 0 Å². The van der Waals surface area contributed by atoms with Crippen molar-refractivity contribution in [1.82, 2.24) is 14.6 Å². The van der Waals surface area contributed by atoms with Crippen LogP contribution in [0.1, 0.15) is 22.0 Å². The second-order valence-electron chi connectivity index (χ2n) is 7.80. The molecular weight excluding hydrogens is 401 g/mol. The standard InChI is InChI=1S/C22H22FN5OS/c23-18-8-4-7-17(13-18)19(20-21(29)28-22(30-20)24-15-25-28)27-11-9-26(10-12-27)14-16-5-2-1-3-6-16/h1-8,13,15,19,29H,9-12,14H2/p+2/t19-/m1/s1. The highest BCUT2D eigenvalue weighted by Gasteiger charge is 2.36. The van der Waals surface area contributed by atoms with E-state index in [0.29, 0.717) is 4.96 Å². The molecule has 0 unspecified atom stereocenters. The zero-order valence-electron chi connectivity index (χ0n) is 16.5. The molecule has 0 radical (unpaired) electrons. The van der Waals surface area contributed by atoms with Crippen LogP contribution >= 0.6 is 11.3 Å². The molecule has 5 rings (SSSR count). The van der Waals surface area contributed by atoms with E-state index in [1.807, 2.05) is 12.1 Å². The van der Waals surface area contributed by atoms with Gasteiger partial charge in [-0.05, 0) is 12.1 Å². The highest BCUT2D eigenvalue weighted by Crippen LogP contribution is 2.34. The van der Waals surface area contributed by atoms with Crippen molar-refractivity contribution in [2.75, 3.05) is 26.2 Å². The summed E-state index contributed by atoms with van der Waals surface area (Å²) in [6, 6.07) is 17.1. The molecule has 3 heterocycles. The van der Waals surface area contributed by atoms with Gasteiger partial charge < -0.3 is 14.9 Å². The first-order valence-electron chi connectivity index (χ1n) is 10.2. The Labute approximate surface area is 177 Å². The van der Waals surface area contributed by atoms with Crippen LogP contribution in [-0.2, 0) is 6.54 Å². The smallest absolute Gasteiger partial charge is 0.235 e. The van der Waals surface area contributed by atoms with Gasteiger partial charge in [0, 0.05) is 11.1 Å². The lowest BCUT2D eigenvalue weighted by molar-refractivity contribution is -1.03. The third kappa shape index (κ3) is 3.69. The second kappa shape index (κ2) is 8.14. The zero-order valence-corrected chi connectivity index (χ0v) is 17.3. The largest absolute Gasteiger partial charge is 0.492 e. The van der Waals surface area contributed by atoms with Gasteiger partial charge in [0.15, 0.2) is 6.04 Å². The molecule has 0 aliphatic carbocycles. The fraction of sp³-hybridized carbons (Fsp3) is 0.273. The van der Waals surface area contributed by atoms with Gasteiger partial charge in [0.25, 0.3) is 0 Å². The molecule has 0 amide bonds. The van der Waals surface area contributed by atoms with Crippen LogP contribution < -0.4 is 9.80 Å². The minimum Gasteiger partial charge on any atom is -0.492 e. The first kappa shape index (κ1) is 19.2. The first-order valence-corrected chi connectivity index (χ1v) is 11.0. The molecule has 1 fully saturated rings. The Morgan fingerprint density at radius 2 is 1.87 bits per heavy atom. The van der Waals surface area contributed by atoms with E-state index < -0.39 is 0 Å². The molecule has 1 aliphatic heterocycles. The quantitative estimate of drug-likeness (QED) is 0.442. The number of aromatic nitrogens is 3. The van der Waals surface area contributed by atoms with Crippen LogP contribution in [0, 0.1) is 5.82 Å². The number of hydrogen-bond donors (Lipinski definition) is 3. The fourth-order valence-electron chi connectivity index (χ4n) is 4.42. The number of quaternary nitrogens is 2. The lowest BCUT2D eigenvalue weighted by Gasteiger charge is -2.34. The summed E-state index contributed by atoms with van der Waals surface area (Å²) in [5.41, 5.74) is 2.22. The topological polar surface area (TPSA) is 59.3 Å². The maximum absolute atomic E-state index is 14.1. The maximum Gasteiger partial charge on any atom is 0.235 e. The van der Waals surface area contributed by atoms with Gasteiger partial charge in [0.05, 0.1) is 0 Å². The molecule has 1 atom stereocenters. The van der Waals surface area contributed by atoms with Crippen molar-refractivity contribution in [2.24, 2.45) is 0 Å². The number of thiazole rings is 1. The van der Waals surface area contributed by atoms with Crippen LogP contribution in [0.3, 0.4) is 0 Å². The number of fused-ring (bicyclic) bond motifs is 1. The molecule has 1 saturated heterocycles. The van der Waals surface area contributed by atoms with Crippen LogP contribution in [0.15, 0.2) is 60.9 Å². The minimum absolute atomic E-state index is 0.105. The van der Waals surface area contributed by atoms with Crippen LogP contribution in [-0.4, -0.2) is 45.9 Å². The average molecular weight is 426 g/mol. The highest BCUT2D eigenvalue weighted by atomic mass is 32.1. The maximum atomic E-state index is 14.1. The molecule has 0 bridgehead atoms. The van der Waals surface area contributed by atoms with Crippen LogP contribution in [0.25, 0.3) is 4.96 Å². The molecule has 0 spiro atoms. The average Bonchev–Trinajstić information content (AvgIpc) is 3.34. The first-order chi connectivity index (χ1) is 14.7. The molecular formula is C22H24FN5OS+2. The van der Waals surface area contributed by atoms with Gasteiger partial charge in [-0.25, -0.2) is 9.37 Å². The van der Waals surface area contributed by atoms with E-state index in [0.717, 1.165) is 43.2 Å². The normalized spacial score (nSPS) is 20.4. The SMILES string of the molecule is Oc1c([C@@H](c2cccc(F)c2)[NH+]2CC[NH+](Cc3ccccc3)CC2)sc2ncnn12. The van der Waals surface area contributed by atoms with E-state index in [9.17, 15) is 9.50 Å². The number of halogens is 1. The van der Waals surface area contributed by atoms with E-state index in [4.69, 9.17) is 0 Å². The number of piperazine rings is 1. The summed E-state index contributed by atoms with van der Waals surface area (Å²) in [5, 5.41) is 14.9. The number of nitrogens with zero attached hydrogens (tertiary/aromatic N) is 3. The molecule has 2 aromatic heterocycles. The van der Waals surface area contributed by atoms with Crippen molar-refractivity contribution in [3.8, 4) is 5.88 Å². The molecule has 6 nitrogen and oxygen atoms in total. The van der Waals surface area contributed by atoms with Gasteiger partial charge >= 0.3 is 0 Å². The van der Waals surface area contributed by atoms with Crippen molar-refractivity contribution in [1.29, 1.82) is 0 Å². The Hall–Kier alpha value is -2.81. The van der Waals surface area contributed by atoms with E-state index in [2.05, 4.69) is 34.3 Å². The predicted molar refractivity (Wildman–Crippen MR) is 112 cm³/mol. The Morgan fingerprint density at radius 1 is 1.07 bits per heavy atom. The van der Waals surface area contributed by atoms with Crippen molar-refractivity contribution in [3.05, 3.63) is 82.7 Å². The van der Waals surface area contributed by atoms with E-state index in [1.165, 1.54) is 38.7 Å². The predicted octanol–water partition coefficient (Wildman–Crippen LogP) is 0.709. The van der Waals surface area contributed by atoms with Crippen molar-refractivity contribution < 1.29 is 19.3 Å². The van der Waals surface area contributed by atoms with Crippen molar-refractivity contribution in [2.45, 2.75) is 12.6 Å². The summed E-state index contributed by atoms with van der Waals surface area (Å²) < 4.78 is 15.5. The Morgan fingerprint density at radius 3 is 2.60 bits per heavy atom. The van der Waals surface area contributed by atoms with Gasteiger partial charge in [-0.15, -0.1) is 0 Å². The molecule has 3 N–H and O–H groups in total. The Balaban J connectivity index is 1.41. The van der Waals surface area contributed by atoms with E-state index in [1.54, 1.807) is 17.0 Å². The summed E-state index contributed by atoms with van der Waals surface area (Å²) in [7, 11) is 0. The summed E-state index contributed by atoms with van der Waals surface area (Å²) in [5.74, 6) is -0.155. The number of aromatic hydroxyl groups is 1. The fourth-order valence-corrected chi connectivity index (χ4v) is 5.53. The van der Waals surface area contributed by atoms with Gasteiger partial charge in [0.2, 0.25) is 10.8 Å². The van der Waals surface area contributed by atoms with Crippen LogP contribution in [0.5, 0.6) is 5.88 Å². The third-order valence-corrected chi connectivity index (χ3v) is 6.99. The number of hydrogen-bond acceptors (Lipinski definition) is 4. The third-order valence-electron chi connectivity index (χ3n) is 5.89. The Bertz CT molecular complexity index is 1140. The van der Waals surface area contributed by atoms with E-state index >= 15 is 0 Å². The summed E-state index contributed by atoms with van der Waals surface area (Å²) in [6.45, 7) is 4.95. The zero-order chi connectivity index (χ0) is 20.5. The number of nitrogens with one attached hydrogen (secondary N) is 2. The highest BCUT2D eigenvalue weighted by molar-refractivity contribution is 7.17. The number of benzene rings is 2. The summed E-state index contributed by atoms with van der Waals surface area (Å²) >= 11 is 1.43. The molecule has 4 aromatic rings.